The van der Waals surface area contributed by atoms with Crippen LogP contribution in [0.5, 0.6) is 0 Å². The number of rotatable bonds is 3. The van der Waals surface area contributed by atoms with Gasteiger partial charge >= 0.3 is 0 Å². The summed E-state index contributed by atoms with van der Waals surface area (Å²) in [5.74, 6) is 5.56. The highest BCUT2D eigenvalue weighted by atomic mass is 16.2. The van der Waals surface area contributed by atoms with E-state index in [1.165, 1.54) is 5.69 Å². The molecule has 2 nitrogen and oxygen atoms in total. The van der Waals surface area contributed by atoms with Crippen molar-refractivity contribution in [3.05, 3.63) is 30.3 Å². The molecule has 74 valence electrons. The lowest BCUT2D eigenvalue weighted by Crippen LogP contribution is -2.22. The maximum Gasteiger partial charge on any atom is 0.104 e. The number of benzene rings is 1. The van der Waals surface area contributed by atoms with Gasteiger partial charge in [0.05, 0.1) is 6.54 Å². The van der Waals surface area contributed by atoms with Crippen LogP contribution in [0, 0.1) is 11.8 Å². The van der Waals surface area contributed by atoms with Gasteiger partial charge in [0.15, 0.2) is 0 Å². The van der Waals surface area contributed by atoms with Crippen LogP contribution in [0.4, 0.5) is 5.69 Å². The first-order valence-corrected chi connectivity index (χ1v) is 4.75. The average Bonchev–Trinajstić information content (AvgIpc) is 2.26. The zero-order valence-electron chi connectivity index (χ0n) is 8.40. The Hall–Kier alpha value is -1.46. The third kappa shape index (κ3) is 3.12. The summed E-state index contributed by atoms with van der Waals surface area (Å²) in [6.07, 6.45) is 0. The Morgan fingerprint density at radius 1 is 1.21 bits per heavy atom. The molecule has 0 heterocycles. The molecule has 0 bridgehead atoms. The van der Waals surface area contributed by atoms with Gasteiger partial charge in [0.25, 0.3) is 0 Å². The molecule has 0 saturated heterocycles. The molecule has 0 radical (unpaired) electrons. The van der Waals surface area contributed by atoms with Crippen molar-refractivity contribution in [3.8, 4) is 11.8 Å². The van der Waals surface area contributed by atoms with Crippen molar-refractivity contribution in [2.24, 2.45) is 0 Å². The van der Waals surface area contributed by atoms with Crippen LogP contribution in [0.2, 0.25) is 0 Å². The Morgan fingerprint density at radius 3 is 2.50 bits per heavy atom. The summed E-state index contributed by atoms with van der Waals surface area (Å²) >= 11 is 0. The van der Waals surface area contributed by atoms with Gasteiger partial charge in [-0.2, -0.15) is 0 Å². The van der Waals surface area contributed by atoms with E-state index in [1.54, 1.807) is 0 Å². The minimum Gasteiger partial charge on any atom is -0.384 e. The van der Waals surface area contributed by atoms with Gasteiger partial charge in [0.2, 0.25) is 0 Å². The van der Waals surface area contributed by atoms with Crippen molar-refractivity contribution < 1.29 is 5.11 Å². The van der Waals surface area contributed by atoms with Crippen molar-refractivity contribution in [1.29, 1.82) is 0 Å². The van der Waals surface area contributed by atoms with E-state index in [2.05, 4.69) is 35.8 Å². The van der Waals surface area contributed by atoms with Gasteiger partial charge in [-0.25, -0.2) is 0 Å². The molecule has 0 spiro atoms. The number of hydrogen-bond donors (Lipinski definition) is 1. The fourth-order valence-electron chi connectivity index (χ4n) is 1.23. The zero-order chi connectivity index (χ0) is 10.2. The molecular formula is C12H15NO. The third-order valence-electron chi connectivity index (χ3n) is 1.98. The molecule has 2 heteroatoms. The molecule has 0 saturated carbocycles. The van der Waals surface area contributed by atoms with E-state index in [9.17, 15) is 0 Å². The van der Waals surface area contributed by atoms with Gasteiger partial charge in [-0.1, -0.05) is 30.0 Å². The molecule has 1 aromatic rings. The maximum atomic E-state index is 8.53. The average molecular weight is 189 g/mol. The Labute approximate surface area is 85.2 Å². The first kappa shape index (κ1) is 10.6. The molecule has 14 heavy (non-hydrogen) atoms. The Balaban J connectivity index is 2.63. The number of anilines is 1. The first-order valence-electron chi connectivity index (χ1n) is 4.75. The van der Waals surface area contributed by atoms with E-state index >= 15 is 0 Å². The lowest BCUT2D eigenvalue weighted by Gasteiger charge is -2.19. The summed E-state index contributed by atoms with van der Waals surface area (Å²) in [5.41, 5.74) is 1.17. The highest BCUT2D eigenvalue weighted by Crippen LogP contribution is 2.11. The highest BCUT2D eigenvalue weighted by Gasteiger charge is 1.99. The lowest BCUT2D eigenvalue weighted by molar-refractivity contribution is 0.350. The van der Waals surface area contributed by atoms with E-state index in [-0.39, 0.29) is 6.61 Å². The predicted molar refractivity (Wildman–Crippen MR) is 59.2 cm³/mol. The lowest BCUT2D eigenvalue weighted by atomic mass is 10.3. The SMILES string of the molecule is CCN(CC#CCO)c1ccccc1. The molecule has 1 rings (SSSR count). The quantitative estimate of drug-likeness (QED) is 0.728. The second kappa shape index (κ2) is 6.06. The van der Waals surface area contributed by atoms with Gasteiger partial charge in [0.1, 0.15) is 6.61 Å². The van der Waals surface area contributed by atoms with Crippen LogP contribution < -0.4 is 4.90 Å². The Morgan fingerprint density at radius 2 is 1.93 bits per heavy atom. The third-order valence-corrected chi connectivity index (χ3v) is 1.98. The summed E-state index contributed by atoms with van der Waals surface area (Å²) in [4.78, 5) is 2.16. The first-order chi connectivity index (χ1) is 6.88. The van der Waals surface area contributed by atoms with Gasteiger partial charge in [0, 0.05) is 12.2 Å². The molecule has 1 N–H and O–H groups in total. The van der Waals surface area contributed by atoms with Crippen LogP contribution in [-0.4, -0.2) is 24.8 Å². The Kier molecular flexibility index (Phi) is 4.60. The van der Waals surface area contributed by atoms with Crippen LogP contribution in [0.1, 0.15) is 6.92 Å². The number of para-hydroxylation sites is 1. The number of hydrogen-bond acceptors (Lipinski definition) is 2. The van der Waals surface area contributed by atoms with Crippen molar-refractivity contribution in [3.63, 3.8) is 0 Å². The van der Waals surface area contributed by atoms with E-state index in [0.717, 1.165) is 6.54 Å². The van der Waals surface area contributed by atoms with Crippen molar-refractivity contribution in [2.75, 3.05) is 24.6 Å². The summed E-state index contributed by atoms with van der Waals surface area (Å²) in [6, 6.07) is 10.1. The molecule has 0 aromatic heterocycles. The van der Waals surface area contributed by atoms with Crippen molar-refractivity contribution in [2.45, 2.75) is 6.92 Å². The molecule has 0 aliphatic rings. The fraction of sp³-hybridized carbons (Fsp3) is 0.333. The smallest absolute Gasteiger partial charge is 0.104 e. The van der Waals surface area contributed by atoms with Crippen molar-refractivity contribution in [1.82, 2.24) is 0 Å². The number of aliphatic hydroxyl groups is 1. The van der Waals surface area contributed by atoms with Crippen LogP contribution in [-0.2, 0) is 0 Å². The molecule has 0 unspecified atom stereocenters. The fourth-order valence-corrected chi connectivity index (χ4v) is 1.23. The number of nitrogens with zero attached hydrogens (tertiary/aromatic N) is 1. The highest BCUT2D eigenvalue weighted by molar-refractivity contribution is 5.46. The molecular weight excluding hydrogens is 174 g/mol. The minimum absolute atomic E-state index is 0.0632. The van der Waals surface area contributed by atoms with Crippen LogP contribution >= 0.6 is 0 Å². The molecule has 0 atom stereocenters. The monoisotopic (exact) mass is 189 g/mol. The van der Waals surface area contributed by atoms with Crippen LogP contribution in [0.15, 0.2) is 30.3 Å². The summed E-state index contributed by atoms with van der Waals surface area (Å²) in [7, 11) is 0. The summed E-state index contributed by atoms with van der Waals surface area (Å²) < 4.78 is 0. The molecule has 0 fully saturated rings. The predicted octanol–water partition coefficient (Wildman–Crippen LogP) is 1.51. The second-order valence-corrected chi connectivity index (χ2v) is 2.86. The number of aliphatic hydroxyl groups excluding tert-OH is 1. The summed E-state index contributed by atoms with van der Waals surface area (Å²) in [6.45, 7) is 3.62. The zero-order valence-corrected chi connectivity index (χ0v) is 8.40. The van der Waals surface area contributed by atoms with Gasteiger partial charge in [-0.3, -0.25) is 0 Å². The standard InChI is InChI=1S/C12H15NO/c1-2-13(10-6-7-11-14)12-8-4-3-5-9-12/h3-5,8-9,14H,2,10-11H2,1H3. The van der Waals surface area contributed by atoms with Gasteiger partial charge < -0.3 is 10.0 Å². The second-order valence-electron chi connectivity index (χ2n) is 2.86. The van der Waals surface area contributed by atoms with E-state index < -0.39 is 0 Å². The van der Waals surface area contributed by atoms with E-state index in [4.69, 9.17) is 5.11 Å². The van der Waals surface area contributed by atoms with Crippen LogP contribution in [0.3, 0.4) is 0 Å². The normalized spacial score (nSPS) is 9.00. The van der Waals surface area contributed by atoms with E-state index in [1.807, 2.05) is 18.2 Å². The molecule has 0 amide bonds. The maximum absolute atomic E-state index is 8.53. The molecule has 0 aliphatic heterocycles. The summed E-state index contributed by atoms with van der Waals surface area (Å²) in [5, 5.41) is 8.53. The topological polar surface area (TPSA) is 23.5 Å². The van der Waals surface area contributed by atoms with Crippen LogP contribution in [0.25, 0.3) is 0 Å². The Bertz CT molecular complexity index is 310. The van der Waals surface area contributed by atoms with Crippen molar-refractivity contribution >= 4 is 5.69 Å². The van der Waals surface area contributed by atoms with E-state index in [0.29, 0.717) is 6.54 Å². The van der Waals surface area contributed by atoms with Gasteiger partial charge in [-0.15, -0.1) is 0 Å². The molecule has 1 aromatic carbocycles. The molecule has 0 aliphatic carbocycles. The van der Waals surface area contributed by atoms with Gasteiger partial charge in [-0.05, 0) is 19.1 Å². The largest absolute Gasteiger partial charge is 0.384 e. The minimum atomic E-state index is -0.0632.